The molecule has 40 heavy (non-hydrogen) atoms. The number of rotatable bonds is 5. The molecule has 1 fully saturated rings. The largest absolute Gasteiger partial charge is 0.496 e. The van der Waals surface area contributed by atoms with Crippen molar-refractivity contribution < 1.29 is 33.1 Å². The number of likely N-dealkylation sites (N-methyl/N-ethyl adjacent to an activating group) is 2. The van der Waals surface area contributed by atoms with Crippen LogP contribution in [0, 0.1) is 6.92 Å². The number of aromatic nitrogens is 1. The summed E-state index contributed by atoms with van der Waals surface area (Å²) in [7, 11) is 4.33. The highest BCUT2D eigenvalue weighted by Gasteiger charge is 2.63. The van der Waals surface area contributed by atoms with E-state index in [2.05, 4.69) is 10.3 Å². The van der Waals surface area contributed by atoms with Gasteiger partial charge in [0.05, 0.1) is 24.6 Å². The van der Waals surface area contributed by atoms with Gasteiger partial charge in [-0.25, -0.2) is 4.79 Å². The van der Waals surface area contributed by atoms with E-state index in [4.69, 9.17) is 9.15 Å². The van der Waals surface area contributed by atoms with Crippen molar-refractivity contribution in [2.75, 3.05) is 27.7 Å². The minimum atomic E-state index is -1.72. The molecule has 4 amide bonds. The zero-order valence-corrected chi connectivity index (χ0v) is 22.3. The van der Waals surface area contributed by atoms with Crippen LogP contribution in [0.3, 0.4) is 0 Å². The third kappa shape index (κ3) is 3.20. The Hall–Kier alpha value is -4.93. The molecule has 3 heterocycles. The standard InChI is InChI=1S/C29H26N4O7/c1-14-7-8-17(39-4)16-12-29(27(37)32(2)28(38)33(29)3)22-21(19(14)16)25(35)23-20(24(22)34)15(13-31-23)9-10-30-26(36)18-6-5-11-40-18/h5-8,11,13,31H,9-10,12H2,1-4H3,(H,30,36). The second-order valence-corrected chi connectivity index (χ2v) is 10.1. The number of Topliss-reactive ketones (excluding diaryl/α,β-unsaturated/α-hetero) is 2. The van der Waals surface area contributed by atoms with E-state index in [1.807, 2.05) is 6.92 Å². The molecule has 0 bridgehead atoms. The number of aromatic amines is 1. The smallest absolute Gasteiger partial charge is 0.327 e. The fraction of sp³-hybridized carbons (Fsp3) is 0.276. The van der Waals surface area contributed by atoms with E-state index in [1.165, 1.54) is 38.4 Å². The molecule has 11 nitrogen and oxygen atoms in total. The summed E-state index contributed by atoms with van der Waals surface area (Å²) in [5, 5.41) is 2.74. The number of amides is 4. The van der Waals surface area contributed by atoms with Gasteiger partial charge < -0.3 is 24.4 Å². The number of benzene rings is 1. The lowest BCUT2D eigenvalue weighted by molar-refractivity contribution is -0.130. The van der Waals surface area contributed by atoms with Crippen LogP contribution in [0.5, 0.6) is 5.75 Å². The molecule has 0 saturated carbocycles. The number of nitrogens with one attached hydrogen (secondary N) is 2. The van der Waals surface area contributed by atoms with E-state index in [0.29, 0.717) is 22.4 Å². The summed E-state index contributed by atoms with van der Waals surface area (Å²) in [6.07, 6.45) is 3.18. The van der Waals surface area contributed by atoms with Crippen molar-refractivity contribution in [3.63, 3.8) is 0 Å². The number of methoxy groups -OCH3 is 1. The number of H-pyrrole nitrogens is 1. The number of furan rings is 1. The number of carbonyl (C=O) groups is 5. The van der Waals surface area contributed by atoms with E-state index in [-0.39, 0.29) is 47.6 Å². The topological polar surface area (TPSA) is 142 Å². The minimum Gasteiger partial charge on any atom is -0.496 e. The Morgan fingerprint density at radius 3 is 2.55 bits per heavy atom. The van der Waals surface area contributed by atoms with Gasteiger partial charge in [-0.1, -0.05) is 6.07 Å². The van der Waals surface area contributed by atoms with Crippen molar-refractivity contribution in [2.45, 2.75) is 25.3 Å². The summed E-state index contributed by atoms with van der Waals surface area (Å²) in [5.41, 5.74) is 0.977. The van der Waals surface area contributed by atoms with Gasteiger partial charge in [-0.3, -0.25) is 24.1 Å². The number of hydrogen-bond donors (Lipinski definition) is 2. The normalized spacial score (nSPS) is 19.8. The number of nitrogens with zero attached hydrogens (tertiary/aromatic N) is 2. The molecule has 0 radical (unpaired) electrons. The number of hydrogen-bond acceptors (Lipinski definition) is 7. The predicted molar refractivity (Wildman–Crippen MR) is 141 cm³/mol. The molecule has 1 aromatic carbocycles. The first-order chi connectivity index (χ1) is 19.1. The van der Waals surface area contributed by atoms with Crippen LogP contribution in [-0.2, 0) is 17.6 Å². The van der Waals surface area contributed by atoms with Crippen molar-refractivity contribution in [1.29, 1.82) is 0 Å². The summed E-state index contributed by atoms with van der Waals surface area (Å²) >= 11 is 0. The Bertz CT molecular complexity index is 1680. The molecule has 3 aromatic rings. The summed E-state index contributed by atoms with van der Waals surface area (Å²) in [5.74, 6) is -1.34. The van der Waals surface area contributed by atoms with E-state index in [1.54, 1.807) is 24.4 Å². The summed E-state index contributed by atoms with van der Waals surface area (Å²) in [6, 6.07) is 6.11. The highest BCUT2D eigenvalue weighted by Crippen LogP contribution is 2.51. The lowest BCUT2D eigenvalue weighted by Gasteiger charge is -2.42. The Labute approximate surface area is 228 Å². The molecule has 2 aromatic heterocycles. The second-order valence-electron chi connectivity index (χ2n) is 10.1. The average molecular weight is 543 g/mol. The maximum absolute atomic E-state index is 14.4. The maximum Gasteiger partial charge on any atom is 0.327 e. The molecule has 6 rings (SSSR count). The van der Waals surface area contributed by atoms with Crippen LogP contribution >= 0.6 is 0 Å². The Balaban J connectivity index is 1.49. The van der Waals surface area contributed by atoms with E-state index in [0.717, 1.165) is 10.5 Å². The molecule has 2 aliphatic carbocycles. The molecular formula is C29H26N4O7. The van der Waals surface area contributed by atoms with E-state index in [9.17, 15) is 24.0 Å². The van der Waals surface area contributed by atoms with Gasteiger partial charge in [0.1, 0.15) is 5.75 Å². The number of urea groups is 1. The van der Waals surface area contributed by atoms with Gasteiger partial charge in [0.2, 0.25) is 5.78 Å². The lowest BCUT2D eigenvalue weighted by atomic mass is 9.65. The second kappa shape index (κ2) is 8.80. The number of aryl methyl sites for hydroxylation is 1. The fourth-order valence-corrected chi connectivity index (χ4v) is 6.19. The van der Waals surface area contributed by atoms with Crippen molar-refractivity contribution in [3.8, 4) is 5.75 Å². The molecule has 1 unspecified atom stereocenters. The van der Waals surface area contributed by atoms with Crippen LogP contribution in [0.2, 0.25) is 0 Å². The number of allylic oxidation sites excluding steroid dienone is 1. The van der Waals surface area contributed by atoms with Crippen LogP contribution in [-0.4, -0.2) is 77.5 Å². The van der Waals surface area contributed by atoms with Crippen LogP contribution in [0.15, 0.2) is 46.7 Å². The van der Waals surface area contributed by atoms with Gasteiger partial charge in [0, 0.05) is 50.0 Å². The van der Waals surface area contributed by atoms with Crippen LogP contribution in [0.4, 0.5) is 4.79 Å². The zero-order valence-electron chi connectivity index (χ0n) is 22.3. The summed E-state index contributed by atoms with van der Waals surface area (Å²) < 4.78 is 10.7. The number of carbonyl (C=O) groups excluding carboxylic acids is 5. The average Bonchev–Trinajstić information content (AvgIpc) is 3.67. The van der Waals surface area contributed by atoms with Crippen molar-refractivity contribution in [3.05, 3.63) is 81.6 Å². The van der Waals surface area contributed by atoms with Gasteiger partial charge >= 0.3 is 6.03 Å². The SMILES string of the molecule is COc1ccc(C)c2c1CC1(C(=O)N(C)C(=O)N1C)C1=C2C(=O)c2[nH]cc(CCNC(=O)c3ccco3)c2C1=O. The van der Waals surface area contributed by atoms with Crippen molar-refractivity contribution in [2.24, 2.45) is 0 Å². The highest BCUT2D eigenvalue weighted by atomic mass is 16.5. The molecule has 2 N–H and O–H groups in total. The molecular weight excluding hydrogens is 516 g/mol. The van der Waals surface area contributed by atoms with Crippen molar-refractivity contribution >= 4 is 35.0 Å². The highest BCUT2D eigenvalue weighted by molar-refractivity contribution is 6.43. The molecule has 204 valence electrons. The monoisotopic (exact) mass is 542 g/mol. The molecule has 1 spiro atoms. The van der Waals surface area contributed by atoms with E-state index >= 15 is 0 Å². The number of imide groups is 1. The molecule has 11 heteroatoms. The Kier molecular flexibility index (Phi) is 5.58. The first-order valence-electron chi connectivity index (χ1n) is 12.7. The van der Waals surface area contributed by atoms with Crippen LogP contribution < -0.4 is 10.1 Å². The first kappa shape index (κ1) is 25.4. The lowest BCUT2D eigenvalue weighted by Crippen LogP contribution is -2.56. The number of ketones is 2. The molecule has 3 aliphatic rings. The van der Waals surface area contributed by atoms with Gasteiger partial charge in [-0.2, -0.15) is 0 Å². The number of ether oxygens (including phenoxy) is 1. The van der Waals surface area contributed by atoms with Crippen molar-refractivity contribution in [1.82, 2.24) is 20.1 Å². The third-order valence-corrected chi connectivity index (χ3v) is 8.14. The minimum absolute atomic E-state index is 0.0143. The third-order valence-electron chi connectivity index (χ3n) is 8.14. The quantitative estimate of drug-likeness (QED) is 0.472. The van der Waals surface area contributed by atoms with Crippen LogP contribution in [0.25, 0.3) is 5.57 Å². The Morgan fingerprint density at radius 2 is 1.90 bits per heavy atom. The Morgan fingerprint density at radius 1 is 1.12 bits per heavy atom. The summed E-state index contributed by atoms with van der Waals surface area (Å²) in [6.45, 7) is 2.00. The van der Waals surface area contributed by atoms with Gasteiger partial charge in [0.15, 0.2) is 17.1 Å². The maximum atomic E-state index is 14.4. The van der Waals surface area contributed by atoms with Gasteiger partial charge in [-0.15, -0.1) is 0 Å². The molecule has 1 aliphatic heterocycles. The predicted octanol–water partition coefficient (Wildman–Crippen LogP) is 2.55. The van der Waals surface area contributed by atoms with Gasteiger partial charge in [-0.05, 0) is 48.2 Å². The zero-order chi connectivity index (χ0) is 28.5. The first-order valence-corrected chi connectivity index (χ1v) is 12.7. The molecule has 1 atom stereocenters. The summed E-state index contributed by atoms with van der Waals surface area (Å²) in [4.78, 5) is 73.0. The number of fused-ring (bicyclic) bond motifs is 4. The fourth-order valence-electron chi connectivity index (χ4n) is 6.19. The molecule has 1 saturated heterocycles. The van der Waals surface area contributed by atoms with E-state index < -0.39 is 35.0 Å². The van der Waals surface area contributed by atoms with Gasteiger partial charge in [0.25, 0.3) is 11.8 Å². The van der Waals surface area contributed by atoms with Crippen LogP contribution in [0.1, 0.15) is 53.7 Å².